The van der Waals surface area contributed by atoms with E-state index in [1.165, 1.54) is 0 Å². The molecule has 0 aliphatic carbocycles. The summed E-state index contributed by atoms with van der Waals surface area (Å²) < 4.78 is 6.55. The van der Waals surface area contributed by atoms with Gasteiger partial charge in [-0.25, -0.2) is 9.97 Å². The molecular formula is C13H22IN3O. The number of rotatable bonds is 7. The molecule has 0 radical (unpaired) electrons. The molecule has 1 aromatic rings. The van der Waals surface area contributed by atoms with Gasteiger partial charge in [-0.15, -0.1) is 0 Å². The van der Waals surface area contributed by atoms with Crippen molar-refractivity contribution in [1.82, 2.24) is 9.97 Å². The van der Waals surface area contributed by atoms with E-state index in [1.807, 2.05) is 0 Å². The summed E-state index contributed by atoms with van der Waals surface area (Å²) in [6, 6.07) is 0. The lowest BCUT2D eigenvalue weighted by Gasteiger charge is -2.16. The van der Waals surface area contributed by atoms with Gasteiger partial charge in [0.2, 0.25) is 0 Å². The molecule has 1 unspecified atom stereocenters. The molecule has 0 aromatic carbocycles. The van der Waals surface area contributed by atoms with E-state index in [-0.39, 0.29) is 6.10 Å². The zero-order valence-corrected chi connectivity index (χ0v) is 13.7. The van der Waals surface area contributed by atoms with Crippen LogP contribution in [0.25, 0.3) is 0 Å². The number of anilines is 1. The monoisotopic (exact) mass is 363 g/mol. The van der Waals surface area contributed by atoms with Gasteiger partial charge in [-0.3, -0.25) is 0 Å². The van der Waals surface area contributed by atoms with Crippen LogP contribution in [0, 0.1) is 3.57 Å². The second-order valence-corrected chi connectivity index (χ2v) is 5.18. The first-order valence-corrected chi connectivity index (χ1v) is 7.58. The lowest BCUT2D eigenvalue weighted by molar-refractivity contribution is 0.0924. The molecule has 5 heteroatoms. The molecule has 0 spiro atoms. The number of ether oxygens (including phenoxy) is 1. The molecule has 1 atom stereocenters. The van der Waals surface area contributed by atoms with Crippen LogP contribution in [0.4, 0.5) is 5.82 Å². The standard InChI is InChI=1S/C13H22IN3O/c1-5-8-15-13-11(14)9(6-2)16-12(17-13)10(7-3)18-4/h10H,5-8H2,1-4H3,(H,15,16,17). The average molecular weight is 363 g/mol. The van der Waals surface area contributed by atoms with Crippen molar-refractivity contribution in [3.8, 4) is 0 Å². The number of nitrogens with one attached hydrogen (secondary N) is 1. The third-order valence-electron chi connectivity index (χ3n) is 2.76. The molecule has 102 valence electrons. The predicted octanol–water partition coefficient (Wildman–Crippen LogP) is 3.56. The Morgan fingerprint density at radius 1 is 1.28 bits per heavy atom. The molecule has 0 saturated carbocycles. The minimum Gasteiger partial charge on any atom is -0.373 e. The first kappa shape index (κ1) is 15.6. The highest BCUT2D eigenvalue weighted by Gasteiger charge is 2.16. The Hall–Kier alpha value is -0.430. The van der Waals surface area contributed by atoms with Crippen molar-refractivity contribution < 1.29 is 4.74 Å². The summed E-state index contributed by atoms with van der Waals surface area (Å²) in [7, 11) is 1.71. The molecule has 0 aliphatic heterocycles. The van der Waals surface area contributed by atoms with E-state index in [2.05, 4.69) is 58.6 Å². The Labute approximate surface area is 123 Å². The molecule has 0 amide bonds. The van der Waals surface area contributed by atoms with Crippen molar-refractivity contribution in [2.45, 2.75) is 46.1 Å². The zero-order valence-electron chi connectivity index (χ0n) is 11.6. The van der Waals surface area contributed by atoms with Gasteiger partial charge in [0.15, 0.2) is 5.82 Å². The van der Waals surface area contributed by atoms with Gasteiger partial charge in [-0.1, -0.05) is 20.8 Å². The fourth-order valence-electron chi connectivity index (χ4n) is 1.71. The Balaban J connectivity index is 3.12. The Kier molecular flexibility index (Phi) is 6.85. The van der Waals surface area contributed by atoms with E-state index >= 15 is 0 Å². The fraction of sp³-hybridized carbons (Fsp3) is 0.692. The Bertz CT molecular complexity index is 381. The topological polar surface area (TPSA) is 47.0 Å². The molecular weight excluding hydrogens is 341 g/mol. The van der Waals surface area contributed by atoms with Crippen molar-refractivity contribution in [2.24, 2.45) is 0 Å². The highest BCUT2D eigenvalue weighted by atomic mass is 127. The van der Waals surface area contributed by atoms with Crippen molar-refractivity contribution in [3.05, 3.63) is 15.1 Å². The van der Waals surface area contributed by atoms with Crippen molar-refractivity contribution in [3.63, 3.8) is 0 Å². The molecule has 4 nitrogen and oxygen atoms in total. The van der Waals surface area contributed by atoms with E-state index in [4.69, 9.17) is 4.74 Å². The molecule has 18 heavy (non-hydrogen) atoms. The molecule has 1 aromatic heterocycles. The van der Waals surface area contributed by atoms with Crippen molar-refractivity contribution >= 4 is 28.4 Å². The van der Waals surface area contributed by atoms with Crippen LogP contribution in [0.2, 0.25) is 0 Å². The molecule has 0 aliphatic rings. The number of halogens is 1. The highest BCUT2D eigenvalue weighted by Crippen LogP contribution is 2.24. The summed E-state index contributed by atoms with van der Waals surface area (Å²) in [5.74, 6) is 1.73. The summed E-state index contributed by atoms with van der Waals surface area (Å²) in [5, 5.41) is 3.37. The second kappa shape index (κ2) is 7.89. The zero-order chi connectivity index (χ0) is 13.5. The van der Waals surface area contributed by atoms with Crippen LogP contribution in [0.5, 0.6) is 0 Å². The maximum Gasteiger partial charge on any atom is 0.159 e. The Morgan fingerprint density at radius 2 is 2.00 bits per heavy atom. The predicted molar refractivity (Wildman–Crippen MR) is 82.9 cm³/mol. The van der Waals surface area contributed by atoms with Crippen LogP contribution in [0.1, 0.15) is 51.2 Å². The van der Waals surface area contributed by atoms with Crippen LogP contribution in [-0.4, -0.2) is 23.6 Å². The minimum atomic E-state index is -0.0190. The number of hydrogen-bond donors (Lipinski definition) is 1. The first-order chi connectivity index (χ1) is 8.67. The number of methoxy groups -OCH3 is 1. The van der Waals surface area contributed by atoms with E-state index in [1.54, 1.807) is 7.11 Å². The third kappa shape index (κ3) is 3.78. The SMILES string of the molecule is CCCNc1nc(C(CC)OC)nc(CC)c1I. The van der Waals surface area contributed by atoms with Crippen LogP contribution >= 0.6 is 22.6 Å². The molecule has 0 saturated heterocycles. The summed E-state index contributed by atoms with van der Waals surface area (Å²) in [6.07, 6.45) is 2.86. The van der Waals surface area contributed by atoms with E-state index < -0.39 is 0 Å². The van der Waals surface area contributed by atoms with Gasteiger partial charge in [-0.05, 0) is 41.9 Å². The average Bonchev–Trinajstić information content (AvgIpc) is 2.40. The summed E-state index contributed by atoms with van der Waals surface area (Å²) in [6.45, 7) is 7.28. The molecule has 1 N–H and O–H groups in total. The van der Waals surface area contributed by atoms with Crippen LogP contribution < -0.4 is 5.32 Å². The highest BCUT2D eigenvalue weighted by molar-refractivity contribution is 14.1. The minimum absolute atomic E-state index is 0.0190. The molecule has 1 heterocycles. The largest absolute Gasteiger partial charge is 0.373 e. The first-order valence-electron chi connectivity index (χ1n) is 6.50. The Morgan fingerprint density at radius 3 is 2.50 bits per heavy atom. The van der Waals surface area contributed by atoms with E-state index in [0.717, 1.165) is 46.7 Å². The van der Waals surface area contributed by atoms with Gasteiger partial charge in [0.1, 0.15) is 11.9 Å². The summed E-state index contributed by atoms with van der Waals surface area (Å²) >= 11 is 2.32. The lowest BCUT2D eigenvalue weighted by Crippen LogP contribution is -2.13. The number of aryl methyl sites for hydroxylation is 1. The lowest BCUT2D eigenvalue weighted by atomic mass is 10.2. The van der Waals surface area contributed by atoms with Crippen LogP contribution in [0.15, 0.2) is 0 Å². The van der Waals surface area contributed by atoms with Gasteiger partial charge in [0.25, 0.3) is 0 Å². The number of aromatic nitrogens is 2. The molecule has 0 fully saturated rings. The quantitative estimate of drug-likeness (QED) is 0.753. The van der Waals surface area contributed by atoms with Crippen LogP contribution in [-0.2, 0) is 11.2 Å². The van der Waals surface area contributed by atoms with Crippen LogP contribution in [0.3, 0.4) is 0 Å². The smallest absolute Gasteiger partial charge is 0.159 e. The summed E-state index contributed by atoms with van der Waals surface area (Å²) in [4.78, 5) is 9.22. The number of hydrogen-bond acceptors (Lipinski definition) is 4. The third-order valence-corrected chi connectivity index (χ3v) is 3.89. The second-order valence-electron chi connectivity index (χ2n) is 4.10. The van der Waals surface area contributed by atoms with Gasteiger partial charge >= 0.3 is 0 Å². The number of nitrogens with zero attached hydrogens (tertiary/aromatic N) is 2. The molecule has 1 rings (SSSR count). The van der Waals surface area contributed by atoms with Gasteiger partial charge in [-0.2, -0.15) is 0 Å². The van der Waals surface area contributed by atoms with Gasteiger partial charge in [0.05, 0.1) is 9.26 Å². The van der Waals surface area contributed by atoms with E-state index in [0.29, 0.717) is 0 Å². The fourth-order valence-corrected chi connectivity index (χ4v) is 2.52. The molecule has 0 bridgehead atoms. The maximum absolute atomic E-state index is 5.43. The normalized spacial score (nSPS) is 12.5. The maximum atomic E-state index is 5.43. The summed E-state index contributed by atoms with van der Waals surface area (Å²) in [5.41, 5.74) is 1.09. The van der Waals surface area contributed by atoms with Crippen molar-refractivity contribution in [1.29, 1.82) is 0 Å². The van der Waals surface area contributed by atoms with Gasteiger partial charge in [0, 0.05) is 13.7 Å². The van der Waals surface area contributed by atoms with Crippen molar-refractivity contribution in [2.75, 3.05) is 19.0 Å². The van der Waals surface area contributed by atoms with E-state index in [9.17, 15) is 0 Å². The van der Waals surface area contributed by atoms with Gasteiger partial charge < -0.3 is 10.1 Å².